The van der Waals surface area contributed by atoms with Crippen molar-refractivity contribution in [1.29, 1.82) is 0 Å². The van der Waals surface area contributed by atoms with E-state index in [1.54, 1.807) is 17.6 Å². The highest BCUT2D eigenvalue weighted by Gasteiger charge is 2.27. The molecule has 1 amide bonds. The van der Waals surface area contributed by atoms with Crippen LogP contribution in [0, 0.1) is 0 Å². The first-order chi connectivity index (χ1) is 12.6. The van der Waals surface area contributed by atoms with Gasteiger partial charge >= 0.3 is 0 Å². The minimum absolute atomic E-state index is 0.0538. The molecule has 138 valence electrons. The maximum absolute atomic E-state index is 13.1. The Hall–Kier alpha value is -2.19. The Balaban J connectivity index is 1.62. The first-order valence-electron chi connectivity index (χ1n) is 8.99. The number of amides is 1. The van der Waals surface area contributed by atoms with E-state index < -0.39 is 0 Å². The summed E-state index contributed by atoms with van der Waals surface area (Å²) < 4.78 is 7.00. The Morgan fingerprint density at radius 2 is 2.19 bits per heavy atom. The quantitative estimate of drug-likeness (QED) is 0.687. The highest BCUT2D eigenvalue weighted by Crippen LogP contribution is 2.25. The van der Waals surface area contributed by atoms with Gasteiger partial charge in [-0.2, -0.15) is 0 Å². The number of hydrogen-bond acceptors (Lipinski definition) is 6. The van der Waals surface area contributed by atoms with Gasteiger partial charge in [0.25, 0.3) is 5.91 Å². The van der Waals surface area contributed by atoms with Gasteiger partial charge in [-0.25, -0.2) is 4.98 Å². The van der Waals surface area contributed by atoms with E-state index in [-0.39, 0.29) is 11.9 Å². The second kappa shape index (κ2) is 7.20. The molecule has 0 saturated carbocycles. The number of fused-ring (bicyclic) bond motifs is 1. The third kappa shape index (κ3) is 3.14. The lowest BCUT2D eigenvalue weighted by Crippen LogP contribution is -2.36. The second-order valence-electron chi connectivity index (χ2n) is 6.83. The van der Waals surface area contributed by atoms with Crippen molar-refractivity contribution in [2.75, 3.05) is 20.1 Å². The molecule has 1 unspecified atom stereocenters. The number of thiazole rings is 1. The maximum Gasteiger partial charge on any atom is 0.274 e. The van der Waals surface area contributed by atoms with Crippen LogP contribution in [0.4, 0.5) is 0 Å². The standard InChI is InChI=1S/C18H23N5O2S/c1-13(14-6-10-25-20-14)21(2)12-15-16(19-18-23(15)9-11-26-18)17(24)22-7-4-3-5-8-22/h6,9-11,13H,3-5,7-8,12H2,1-2H3. The van der Waals surface area contributed by atoms with E-state index in [0.717, 1.165) is 42.3 Å². The molecule has 0 radical (unpaired) electrons. The van der Waals surface area contributed by atoms with Crippen molar-refractivity contribution in [2.45, 2.75) is 38.8 Å². The molecule has 3 aromatic heterocycles. The summed E-state index contributed by atoms with van der Waals surface area (Å²) in [4.78, 5) is 22.7. The van der Waals surface area contributed by atoms with Crippen LogP contribution in [-0.4, -0.2) is 50.4 Å². The molecule has 4 heterocycles. The molecule has 4 rings (SSSR count). The Morgan fingerprint density at radius 1 is 1.38 bits per heavy atom. The monoisotopic (exact) mass is 373 g/mol. The lowest BCUT2D eigenvalue weighted by Gasteiger charge is -2.27. The van der Waals surface area contributed by atoms with Crippen LogP contribution in [0.1, 0.15) is 54.1 Å². The fourth-order valence-electron chi connectivity index (χ4n) is 3.44. The molecule has 0 spiro atoms. The van der Waals surface area contributed by atoms with Crippen LogP contribution in [0.3, 0.4) is 0 Å². The summed E-state index contributed by atoms with van der Waals surface area (Å²) in [5.41, 5.74) is 2.40. The predicted molar refractivity (Wildman–Crippen MR) is 99.2 cm³/mol. The SMILES string of the molecule is CC(c1ccon1)N(C)Cc1c(C(=O)N2CCCCC2)nc2sccn12. The molecule has 26 heavy (non-hydrogen) atoms. The summed E-state index contributed by atoms with van der Waals surface area (Å²) in [7, 11) is 2.03. The number of likely N-dealkylation sites (tertiary alicyclic amines) is 1. The summed E-state index contributed by atoms with van der Waals surface area (Å²) in [6.45, 7) is 4.35. The Morgan fingerprint density at radius 3 is 2.92 bits per heavy atom. The number of carbonyl (C=O) groups is 1. The Labute approximate surface area is 156 Å². The second-order valence-corrected chi connectivity index (χ2v) is 7.70. The molecule has 7 nitrogen and oxygen atoms in total. The minimum Gasteiger partial charge on any atom is -0.364 e. The smallest absolute Gasteiger partial charge is 0.274 e. The molecule has 0 bridgehead atoms. The number of imidazole rings is 1. The molecule has 1 fully saturated rings. The molecule has 0 aliphatic carbocycles. The summed E-state index contributed by atoms with van der Waals surface area (Å²) in [6, 6.07) is 1.95. The van der Waals surface area contributed by atoms with E-state index in [4.69, 9.17) is 4.52 Å². The molecule has 1 atom stereocenters. The largest absolute Gasteiger partial charge is 0.364 e. The van der Waals surface area contributed by atoms with Crippen LogP contribution < -0.4 is 0 Å². The molecular weight excluding hydrogens is 350 g/mol. The first kappa shape index (κ1) is 17.2. The number of aromatic nitrogens is 3. The molecule has 3 aromatic rings. The van der Waals surface area contributed by atoms with Gasteiger partial charge in [0.15, 0.2) is 10.7 Å². The van der Waals surface area contributed by atoms with E-state index in [1.165, 1.54) is 6.42 Å². The zero-order valence-electron chi connectivity index (χ0n) is 15.1. The van der Waals surface area contributed by atoms with E-state index in [0.29, 0.717) is 12.2 Å². The lowest BCUT2D eigenvalue weighted by molar-refractivity contribution is 0.0716. The van der Waals surface area contributed by atoms with Gasteiger partial charge in [0, 0.05) is 37.3 Å². The van der Waals surface area contributed by atoms with Crippen molar-refractivity contribution in [3.05, 3.63) is 41.0 Å². The van der Waals surface area contributed by atoms with Crippen molar-refractivity contribution in [3.8, 4) is 0 Å². The van der Waals surface area contributed by atoms with E-state index in [9.17, 15) is 4.79 Å². The van der Waals surface area contributed by atoms with Crippen LogP contribution in [0.2, 0.25) is 0 Å². The lowest BCUT2D eigenvalue weighted by atomic mass is 10.1. The highest BCUT2D eigenvalue weighted by molar-refractivity contribution is 7.15. The van der Waals surface area contributed by atoms with Gasteiger partial charge in [-0.05, 0) is 33.2 Å². The number of nitrogens with zero attached hydrogens (tertiary/aromatic N) is 5. The predicted octanol–water partition coefficient (Wildman–Crippen LogP) is 3.20. The van der Waals surface area contributed by atoms with Crippen LogP contribution in [0.15, 0.2) is 28.4 Å². The number of hydrogen-bond donors (Lipinski definition) is 0. The fourth-order valence-corrected chi connectivity index (χ4v) is 4.17. The number of carbonyl (C=O) groups excluding carboxylic acids is 1. The van der Waals surface area contributed by atoms with Crippen molar-refractivity contribution >= 4 is 22.2 Å². The van der Waals surface area contributed by atoms with Crippen molar-refractivity contribution in [2.24, 2.45) is 0 Å². The van der Waals surface area contributed by atoms with Gasteiger partial charge in [0.1, 0.15) is 12.0 Å². The van der Waals surface area contributed by atoms with Crippen LogP contribution in [0.25, 0.3) is 4.96 Å². The number of rotatable bonds is 5. The minimum atomic E-state index is 0.0538. The van der Waals surface area contributed by atoms with Gasteiger partial charge < -0.3 is 9.42 Å². The molecule has 0 aromatic carbocycles. The van der Waals surface area contributed by atoms with E-state index in [2.05, 4.69) is 22.0 Å². The summed E-state index contributed by atoms with van der Waals surface area (Å²) >= 11 is 1.55. The van der Waals surface area contributed by atoms with Crippen molar-refractivity contribution in [1.82, 2.24) is 24.3 Å². The zero-order chi connectivity index (χ0) is 18.1. The average Bonchev–Trinajstić information content (AvgIpc) is 3.40. The summed E-state index contributed by atoms with van der Waals surface area (Å²) in [6.07, 6.45) is 6.93. The Kier molecular flexibility index (Phi) is 4.78. The maximum atomic E-state index is 13.1. The van der Waals surface area contributed by atoms with Crippen molar-refractivity contribution < 1.29 is 9.32 Å². The molecular formula is C18H23N5O2S. The third-order valence-electron chi connectivity index (χ3n) is 5.15. The van der Waals surface area contributed by atoms with Crippen LogP contribution in [0.5, 0.6) is 0 Å². The highest BCUT2D eigenvalue weighted by atomic mass is 32.1. The topological polar surface area (TPSA) is 66.9 Å². The zero-order valence-corrected chi connectivity index (χ0v) is 15.9. The molecule has 8 heteroatoms. The molecule has 1 aliphatic rings. The Bertz CT molecular complexity index is 879. The molecule has 0 N–H and O–H groups in total. The van der Waals surface area contributed by atoms with E-state index in [1.807, 2.05) is 34.0 Å². The number of piperidine rings is 1. The van der Waals surface area contributed by atoms with Gasteiger partial charge in [-0.1, -0.05) is 5.16 Å². The summed E-state index contributed by atoms with van der Waals surface area (Å²) in [5, 5.41) is 6.04. The summed E-state index contributed by atoms with van der Waals surface area (Å²) in [5.74, 6) is 0.0538. The molecule has 1 saturated heterocycles. The van der Waals surface area contributed by atoms with Crippen LogP contribution >= 0.6 is 11.3 Å². The normalized spacial score (nSPS) is 16.5. The van der Waals surface area contributed by atoms with Gasteiger partial charge in [-0.15, -0.1) is 11.3 Å². The van der Waals surface area contributed by atoms with Gasteiger partial charge in [0.2, 0.25) is 0 Å². The van der Waals surface area contributed by atoms with Gasteiger partial charge in [-0.3, -0.25) is 14.1 Å². The molecule has 1 aliphatic heterocycles. The van der Waals surface area contributed by atoms with Crippen LogP contribution in [-0.2, 0) is 6.54 Å². The van der Waals surface area contributed by atoms with E-state index >= 15 is 0 Å². The average molecular weight is 373 g/mol. The third-order valence-corrected chi connectivity index (χ3v) is 5.91. The first-order valence-corrected chi connectivity index (χ1v) is 9.87. The van der Waals surface area contributed by atoms with Crippen molar-refractivity contribution in [3.63, 3.8) is 0 Å². The fraction of sp³-hybridized carbons (Fsp3) is 0.500. The van der Waals surface area contributed by atoms with Gasteiger partial charge in [0.05, 0.1) is 11.7 Å².